The summed E-state index contributed by atoms with van der Waals surface area (Å²) in [6.07, 6.45) is 1.25. The zero-order valence-corrected chi connectivity index (χ0v) is 5.02. The Hall–Kier alpha value is -0.120. The van der Waals surface area contributed by atoms with E-state index in [1.807, 2.05) is 0 Å². The summed E-state index contributed by atoms with van der Waals surface area (Å²) < 4.78 is 0. The number of fused-ring (bicyclic) bond motifs is 1. The minimum atomic E-state index is 0.605. The van der Waals surface area contributed by atoms with E-state index in [1.54, 1.807) is 0 Å². The summed E-state index contributed by atoms with van der Waals surface area (Å²) in [6.45, 7) is 2.30. The minimum absolute atomic E-state index is 0.605. The first-order valence-corrected chi connectivity index (χ1v) is 3.07. The largest absolute Gasteiger partial charge is 0.298 e. The molecule has 2 saturated heterocycles. The van der Waals surface area contributed by atoms with Crippen LogP contribution in [0.5, 0.6) is 0 Å². The Morgan fingerprint density at radius 1 is 1.62 bits per heavy atom. The van der Waals surface area contributed by atoms with E-state index < -0.39 is 0 Å². The molecule has 2 atom stereocenters. The SMILES string of the molecule is CN1CCNC2NC21. The van der Waals surface area contributed by atoms with Crippen molar-refractivity contribution in [3.05, 3.63) is 0 Å². The van der Waals surface area contributed by atoms with Gasteiger partial charge < -0.3 is 0 Å². The molecule has 2 heterocycles. The van der Waals surface area contributed by atoms with E-state index in [0.717, 1.165) is 6.54 Å². The lowest BCUT2D eigenvalue weighted by molar-refractivity contribution is 0.276. The van der Waals surface area contributed by atoms with Crippen LogP contribution in [-0.4, -0.2) is 37.4 Å². The monoisotopic (exact) mass is 113 g/mol. The number of rotatable bonds is 0. The van der Waals surface area contributed by atoms with Gasteiger partial charge in [0, 0.05) is 13.1 Å². The van der Waals surface area contributed by atoms with Crippen LogP contribution >= 0.6 is 0 Å². The molecular weight excluding hydrogens is 102 g/mol. The fourth-order valence-corrected chi connectivity index (χ4v) is 1.22. The van der Waals surface area contributed by atoms with Crippen LogP contribution in [0.2, 0.25) is 0 Å². The molecule has 0 aliphatic carbocycles. The molecule has 2 aliphatic rings. The maximum atomic E-state index is 3.33. The summed E-state index contributed by atoms with van der Waals surface area (Å²) in [4.78, 5) is 2.33. The van der Waals surface area contributed by atoms with E-state index in [9.17, 15) is 0 Å². The van der Waals surface area contributed by atoms with Crippen molar-refractivity contribution in [2.45, 2.75) is 12.3 Å². The normalized spacial score (nSPS) is 46.1. The Balaban J connectivity index is 1.99. The molecule has 0 radical (unpaired) electrons. The van der Waals surface area contributed by atoms with Crippen LogP contribution in [0.4, 0.5) is 0 Å². The Labute approximate surface area is 49.0 Å². The molecule has 2 fully saturated rings. The summed E-state index contributed by atoms with van der Waals surface area (Å²) in [5.41, 5.74) is 0. The number of nitrogens with one attached hydrogen (secondary N) is 2. The van der Waals surface area contributed by atoms with Gasteiger partial charge in [-0.05, 0) is 7.05 Å². The highest BCUT2D eigenvalue weighted by molar-refractivity contribution is 4.97. The van der Waals surface area contributed by atoms with Crippen LogP contribution in [0, 0.1) is 0 Å². The van der Waals surface area contributed by atoms with E-state index in [1.165, 1.54) is 6.54 Å². The van der Waals surface area contributed by atoms with Crippen LogP contribution in [0.1, 0.15) is 0 Å². The first-order chi connectivity index (χ1) is 3.88. The molecule has 0 amide bonds. The van der Waals surface area contributed by atoms with E-state index >= 15 is 0 Å². The van der Waals surface area contributed by atoms with Crippen molar-refractivity contribution in [1.29, 1.82) is 0 Å². The summed E-state index contributed by atoms with van der Waals surface area (Å²) in [7, 11) is 2.15. The number of hydrogen-bond donors (Lipinski definition) is 2. The third-order valence-electron chi connectivity index (χ3n) is 1.86. The third-order valence-corrected chi connectivity index (χ3v) is 1.86. The Bertz CT molecular complexity index is 104. The van der Waals surface area contributed by atoms with Gasteiger partial charge >= 0.3 is 0 Å². The van der Waals surface area contributed by atoms with E-state index in [4.69, 9.17) is 0 Å². The average molecular weight is 113 g/mol. The molecule has 2 unspecified atom stereocenters. The lowest BCUT2D eigenvalue weighted by Gasteiger charge is -2.19. The van der Waals surface area contributed by atoms with Crippen molar-refractivity contribution in [1.82, 2.24) is 15.5 Å². The van der Waals surface area contributed by atoms with Crippen LogP contribution < -0.4 is 10.6 Å². The molecular formula is C5H11N3. The van der Waals surface area contributed by atoms with Crippen LogP contribution in [0.25, 0.3) is 0 Å². The summed E-state index contributed by atoms with van der Waals surface area (Å²) in [6, 6.07) is 0. The average Bonchev–Trinajstić information content (AvgIpc) is 2.45. The van der Waals surface area contributed by atoms with Crippen molar-refractivity contribution in [3.63, 3.8) is 0 Å². The second-order valence-corrected chi connectivity index (χ2v) is 2.52. The molecule has 2 rings (SSSR count). The molecule has 0 spiro atoms. The first-order valence-electron chi connectivity index (χ1n) is 3.07. The summed E-state index contributed by atoms with van der Waals surface area (Å²) in [5.74, 6) is 0. The van der Waals surface area contributed by atoms with Crippen molar-refractivity contribution in [2.24, 2.45) is 0 Å². The van der Waals surface area contributed by atoms with Crippen LogP contribution in [-0.2, 0) is 0 Å². The Kier molecular flexibility index (Phi) is 0.848. The molecule has 0 aromatic rings. The highest BCUT2D eigenvalue weighted by Crippen LogP contribution is 2.13. The molecule has 46 valence electrons. The molecule has 0 aromatic heterocycles. The smallest absolute Gasteiger partial charge is 0.0902 e. The number of nitrogens with zero attached hydrogens (tertiary/aromatic N) is 1. The molecule has 3 nitrogen and oxygen atoms in total. The second kappa shape index (κ2) is 1.43. The molecule has 2 N–H and O–H groups in total. The van der Waals surface area contributed by atoms with Gasteiger partial charge in [-0.2, -0.15) is 0 Å². The number of likely N-dealkylation sites (N-methyl/N-ethyl adjacent to an activating group) is 1. The van der Waals surface area contributed by atoms with Gasteiger partial charge in [0.1, 0.15) is 0 Å². The highest BCUT2D eigenvalue weighted by atomic mass is 15.5. The van der Waals surface area contributed by atoms with Gasteiger partial charge in [0.2, 0.25) is 0 Å². The maximum absolute atomic E-state index is 3.33. The summed E-state index contributed by atoms with van der Waals surface area (Å²) >= 11 is 0. The van der Waals surface area contributed by atoms with E-state index in [2.05, 4.69) is 22.6 Å². The zero-order chi connectivity index (χ0) is 5.56. The standard InChI is InChI=1S/C5H11N3/c1-8-3-2-6-4-5(8)7-4/h4-7H,2-3H2,1H3. The number of hydrogen-bond acceptors (Lipinski definition) is 3. The zero-order valence-electron chi connectivity index (χ0n) is 5.02. The van der Waals surface area contributed by atoms with Crippen LogP contribution in [0.15, 0.2) is 0 Å². The van der Waals surface area contributed by atoms with Gasteiger partial charge in [-0.25, -0.2) is 0 Å². The fourth-order valence-electron chi connectivity index (χ4n) is 1.22. The molecule has 0 saturated carbocycles. The Morgan fingerprint density at radius 2 is 2.50 bits per heavy atom. The molecule has 2 aliphatic heterocycles. The van der Waals surface area contributed by atoms with Crippen molar-refractivity contribution in [2.75, 3.05) is 20.1 Å². The minimum Gasteiger partial charge on any atom is -0.298 e. The predicted octanol–water partition coefficient (Wildman–Crippen LogP) is -1.22. The Morgan fingerprint density at radius 3 is 3.12 bits per heavy atom. The second-order valence-electron chi connectivity index (χ2n) is 2.52. The van der Waals surface area contributed by atoms with Crippen molar-refractivity contribution < 1.29 is 0 Å². The van der Waals surface area contributed by atoms with E-state index in [0.29, 0.717) is 12.3 Å². The van der Waals surface area contributed by atoms with Crippen molar-refractivity contribution >= 4 is 0 Å². The predicted molar refractivity (Wildman–Crippen MR) is 31.3 cm³/mol. The van der Waals surface area contributed by atoms with Gasteiger partial charge in [0.05, 0.1) is 12.3 Å². The van der Waals surface area contributed by atoms with Gasteiger partial charge in [-0.3, -0.25) is 15.5 Å². The van der Waals surface area contributed by atoms with Gasteiger partial charge in [-0.1, -0.05) is 0 Å². The van der Waals surface area contributed by atoms with Crippen molar-refractivity contribution in [3.8, 4) is 0 Å². The number of piperazine rings is 1. The summed E-state index contributed by atoms with van der Waals surface area (Å²) in [5, 5.41) is 6.63. The molecule has 3 heteroatoms. The molecule has 0 bridgehead atoms. The highest BCUT2D eigenvalue weighted by Gasteiger charge is 2.41. The molecule has 0 aromatic carbocycles. The topological polar surface area (TPSA) is 37.2 Å². The van der Waals surface area contributed by atoms with E-state index in [-0.39, 0.29) is 0 Å². The van der Waals surface area contributed by atoms with Gasteiger partial charge in [-0.15, -0.1) is 0 Å². The quantitative estimate of drug-likeness (QED) is 0.386. The third kappa shape index (κ3) is 0.555. The molecule has 8 heavy (non-hydrogen) atoms. The lowest BCUT2D eigenvalue weighted by atomic mass is 10.4. The maximum Gasteiger partial charge on any atom is 0.0902 e. The fraction of sp³-hybridized carbons (Fsp3) is 1.00. The van der Waals surface area contributed by atoms with Gasteiger partial charge in [0.25, 0.3) is 0 Å². The lowest BCUT2D eigenvalue weighted by Crippen LogP contribution is -2.41. The first kappa shape index (κ1) is 4.73. The van der Waals surface area contributed by atoms with Crippen LogP contribution in [0.3, 0.4) is 0 Å². The van der Waals surface area contributed by atoms with Gasteiger partial charge in [0.15, 0.2) is 0 Å².